The van der Waals surface area contributed by atoms with Crippen molar-refractivity contribution >= 4 is 38.8 Å². The van der Waals surface area contributed by atoms with Gasteiger partial charge in [-0.2, -0.15) is 0 Å². The lowest BCUT2D eigenvalue weighted by Gasteiger charge is -2.11. The standard InChI is InChI=1S/C49H34N2/c1-4-12-34(13-5-1)36-20-26-40(27-21-36)50-46-18-9-3-8-16-42(46)44-32-38(24-30-48(44)50)39-25-31-49-45(33-39)43-17-10-11-19-47(43)51(49)41-28-22-37(23-29-41)35-14-6-2-7-15-35/h1-15,17-33H,16H2. The molecule has 0 amide bonds. The summed E-state index contributed by atoms with van der Waals surface area (Å²) < 4.78 is 4.82. The Bertz CT molecular complexity index is 2780. The Labute approximate surface area is 297 Å². The number of rotatable bonds is 5. The predicted molar refractivity (Wildman–Crippen MR) is 216 cm³/mol. The van der Waals surface area contributed by atoms with Crippen molar-refractivity contribution in [3.05, 3.63) is 199 Å². The van der Waals surface area contributed by atoms with Crippen molar-refractivity contribution in [1.82, 2.24) is 9.13 Å². The molecule has 9 aromatic rings. The van der Waals surface area contributed by atoms with E-state index in [-0.39, 0.29) is 0 Å². The van der Waals surface area contributed by atoms with E-state index in [1.807, 2.05) is 0 Å². The van der Waals surface area contributed by atoms with Crippen LogP contribution in [0.25, 0.3) is 83.5 Å². The van der Waals surface area contributed by atoms with E-state index in [0.29, 0.717) is 0 Å². The molecule has 2 aromatic heterocycles. The zero-order valence-electron chi connectivity index (χ0n) is 28.1. The zero-order chi connectivity index (χ0) is 33.7. The van der Waals surface area contributed by atoms with Gasteiger partial charge in [0.15, 0.2) is 0 Å². The minimum Gasteiger partial charge on any atom is -0.310 e. The molecule has 0 saturated carbocycles. The fourth-order valence-electron chi connectivity index (χ4n) is 7.93. The van der Waals surface area contributed by atoms with Crippen molar-refractivity contribution in [1.29, 1.82) is 0 Å². The SMILES string of the molecule is C1=CCc2c(n(-c3ccc(-c4ccccc4)cc3)c3ccc(-c4ccc5c(c4)c4ccccc4n5-c4ccc(-c5ccccc5)cc4)cc23)C=C1. The molecule has 0 unspecified atom stereocenters. The Morgan fingerprint density at radius 1 is 0.353 bits per heavy atom. The van der Waals surface area contributed by atoms with Crippen molar-refractivity contribution in [2.24, 2.45) is 0 Å². The van der Waals surface area contributed by atoms with Crippen molar-refractivity contribution in [2.75, 3.05) is 0 Å². The molecular formula is C49H34N2. The number of para-hydroxylation sites is 1. The van der Waals surface area contributed by atoms with Crippen molar-refractivity contribution < 1.29 is 0 Å². The van der Waals surface area contributed by atoms with Crippen LogP contribution in [0.15, 0.2) is 188 Å². The molecule has 240 valence electrons. The highest BCUT2D eigenvalue weighted by Gasteiger charge is 2.19. The fourth-order valence-corrected chi connectivity index (χ4v) is 7.93. The summed E-state index contributed by atoms with van der Waals surface area (Å²) in [6.07, 6.45) is 9.76. The van der Waals surface area contributed by atoms with Gasteiger partial charge in [-0.3, -0.25) is 0 Å². The summed E-state index contributed by atoms with van der Waals surface area (Å²) in [6, 6.07) is 61.8. The lowest BCUT2D eigenvalue weighted by Crippen LogP contribution is -1.97. The molecule has 7 aromatic carbocycles. The van der Waals surface area contributed by atoms with Gasteiger partial charge in [0.1, 0.15) is 0 Å². The maximum Gasteiger partial charge on any atom is 0.0541 e. The third-order valence-corrected chi connectivity index (χ3v) is 10.4. The average molecular weight is 651 g/mol. The Balaban J connectivity index is 1.08. The molecule has 10 rings (SSSR count). The fraction of sp³-hybridized carbons (Fsp3) is 0.0204. The van der Waals surface area contributed by atoms with Gasteiger partial charge in [-0.1, -0.05) is 133 Å². The highest BCUT2D eigenvalue weighted by molar-refractivity contribution is 6.10. The van der Waals surface area contributed by atoms with Crippen LogP contribution >= 0.6 is 0 Å². The maximum atomic E-state index is 2.42. The summed E-state index contributed by atoms with van der Waals surface area (Å²) in [7, 11) is 0. The van der Waals surface area contributed by atoms with Crippen LogP contribution in [-0.4, -0.2) is 9.13 Å². The number of nitrogens with zero attached hydrogens (tertiary/aromatic N) is 2. The Kier molecular flexibility index (Phi) is 6.92. The van der Waals surface area contributed by atoms with E-state index >= 15 is 0 Å². The van der Waals surface area contributed by atoms with Gasteiger partial charge in [0.2, 0.25) is 0 Å². The van der Waals surface area contributed by atoms with Crippen LogP contribution in [0.2, 0.25) is 0 Å². The van der Waals surface area contributed by atoms with Gasteiger partial charge in [0, 0.05) is 27.5 Å². The minimum atomic E-state index is 0.896. The summed E-state index contributed by atoms with van der Waals surface area (Å²) in [5, 5.41) is 3.82. The highest BCUT2D eigenvalue weighted by atomic mass is 15.0. The highest BCUT2D eigenvalue weighted by Crippen LogP contribution is 2.39. The third kappa shape index (κ3) is 4.95. The van der Waals surface area contributed by atoms with Gasteiger partial charge in [-0.25, -0.2) is 0 Å². The quantitative estimate of drug-likeness (QED) is 0.175. The van der Waals surface area contributed by atoms with E-state index in [1.165, 1.54) is 83.0 Å². The Hall–Kier alpha value is -6.64. The van der Waals surface area contributed by atoms with Gasteiger partial charge in [-0.15, -0.1) is 0 Å². The maximum absolute atomic E-state index is 2.42. The molecule has 1 aliphatic rings. The molecule has 0 N–H and O–H groups in total. The Morgan fingerprint density at radius 3 is 1.49 bits per heavy atom. The van der Waals surface area contributed by atoms with Gasteiger partial charge in [0.25, 0.3) is 0 Å². The molecule has 0 radical (unpaired) electrons. The van der Waals surface area contributed by atoms with E-state index in [9.17, 15) is 0 Å². The number of fused-ring (bicyclic) bond motifs is 6. The van der Waals surface area contributed by atoms with Crippen LogP contribution in [0.4, 0.5) is 0 Å². The summed E-state index contributed by atoms with van der Waals surface area (Å²) >= 11 is 0. The smallest absolute Gasteiger partial charge is 0.0541 e. The van der Waals surface area contributed by atoms with E-state index in [2.05, 4.69) is 203 Å². The molecule has 0 saturated heterocycles. The van der Waals surface area contributed by atoms with Crippen molar-refractivity contribution in [3.63, 3.8) is 0 Å². The Morgan fingerprint density at radius 2 is 0.843 bits per heavy atom. The van der Waals surface area contributed by atoms with E-state index in [4.69, 9.17) is 0 Å². The topological polar surface area (TPSA) is 9.86 Å². The number of hydrogen-bond donors (Lipinski definition) is 0. The van der Waals surface area contributed by atoms with Crippen molar-refractivity contribution in [2.45, 2.75) is 6.42 Å². The van der Waals surface area contributed by atoms with Gasteiger partial charge in [0.05, 0.1) is 22.2 Å². The second-order valence-electron chi connectivity index (χ2n) is 13.3. The first-order valence-electron chi connectivity index (χ1n) is 17.7. The molecule has 2 heteroatoms. The molecule has 0 aliphatic heterocycles. The summed E-state index contributed by atoms with van der Waals surface area (Å²) in [5.41, 5.74) is 16.0. The molecule has 0 fully saturated rings. The second kappa shape index (κ2) is 12.0. The first-order chi connectivity index (χ1) is 25.3. The number of allylic oxidation sites excluding steroid dienone is 3. The lowest BCUT2D eigenvalue weighted by molar-refractivity contribution is 1.09. The molecule has 2 nitrogen and oxygen atoms in total. The van der Waals surface area contributed by atoms with Gasteiger partial charge >= 0.3 is 0 Å². The van der Waals surface area contributed by atoms with Crippen molar-refractivity contribution in [3.8, 4) is 44.8 Å². The molecule has 0 bridgehead atoms. The van der Waals surface area contributed by atoms with Gasteiger partial charge in [-0.05, 0) is 106 Å². The largest absolute Gasteiger partial charge is 0.310 e. The zero-order valence-corrected chi connectivity index (χ0v) is 28.1. The molecular weight excluding hydrogens is 617 g/mol. The summed E-state index contributed by atoms with van der Waals surface area (Å²) in [5.74, 6) is 0. The lowest BCUT2D eigenvalue weighted by atomic mass is 9.99. The second-order valence-corrected chi connectivity index (χ2v) is 13.3. The van der Waals surface area contributed by atoms with Crippen LogP contribution in [-0.2, 0) is 6.42 Å². The van der Waals surface area contributed by atoms with Gasteiger partial charge < -0.3 is 9.13 Å². The first-order valence-corrected chi connectivity index (χ1v) is 17.7. The minimum absolute atomic E-state index is 0.896. The molecule has 51 heavy (non-hydrogen) atoms. The summed E-state index contributed by atoms with van der Waals surface area (Å²) in [6.45, 7) is 0. The monoisotopic (exact) mass is 650 g/mol. The number of benzene rings is 7. The summed E-state index contributed by atoms with van der Waals surface area (Å²) in [4.78, 5) is 0. The van der Waals surface area contributed by atoms with Crippen LogP contribution in [0.5, 0.6) is 0 Å². The number of aromatic nitrogens is 2. The molecule has 0 spiro atoms. The molecule has 0 atom stereocenters. The third-order valence-electron chi connectivity index (χ3n) is 10.4. The normalized spacial score (nSPS) is 12.5. The van der Waals surface area contributed by atoms with E-state index in [1.54, 1.807) is 0 Å². The molecule has 2 heterocycles. The van der Waals surface area contributed by atoms with E-state index < -0.39 is 0 Å². The van der Waals surface area contributed by atoms with Crippen LogP contribution in [0, 0.1) is 0 Å². The average Bonchev–Trinajstić information content (AvgIpc) is 3.57. The number of hydrogen-bond acceptors (Lipinski definition) is 0. The van der Waals surface area contributed by atoms with Crippen LogP contribution in [0.1, 0.15) is 11.3 Å². The van der Waals surface area contributed by atoms with Crippen LogP contribution in [0.3, 0.4) is 0 Å². The van der Waals surface area contributed by atoms with Crippen LogP contribution < -0.4 is 0 Å². The first kappa shape index (κ1) is 29.3. The predicted octanol–water partition coefficient (Wildman–Crippen LogP) is 12.9. The molecule has 1 aliphatic carbocycles. The van der Waals surface area contributed by atoms with E-state index in [0.717, 1.165) is 12.1 Å².